The molecule has 2 rings (SSSR count). The molecule has 2 amide bonds. The molecule has 0 radical (unpaired) electrons. The third-order valence-electron chi connectivity index (χ3n) is 4.50. The van der Waals surface area contributed by atoms with Crippen LogP contribution < -0.4 is 10.6 Å². The van der Waals surface area contributed by atoms with E-state index >= 15 is 0 Å². The van der Waals surface area contributed by atoms with Crippen LogP contribution in [0.1, 0.15) is 46.5 Å². The van der Waals surface area contributed by atoms with E-state index in [1.807, 2.05) is 11.0 Å². The van der Waals surface area contributed by atoms with Gasteiger partial charge in [0.25, 0.3) is 0 Å². The predicted octanol–water partition coefficient (Wildman–Crippen LogP) is 1.70. The number of hydrogen-bond acceptors (Lipinski definition) is 3. The Kier molecular flexibility index (Phi) is 6.22. The van der Waals surface area contributed by atoms with Crippen LogP contribution >= 0.6 is 0 Å². The van der Waals surface area contributed by atoms with Crippen LogP contribution in [-0.2, 0) is 9.59 Å². The number of hydrogen-bond donors (Lipinski definition) is 2. The minimum Gasteiger partial charge on any atom is -0.354 e. The molecule has 2 aliphatic rings. The fourth-order valence-electron chi connectivity index (χ4n) is 3.14. The highest BCUT2D eigenvalue weighted by molar-refractivity contribution is 5.87. The molecule has 2 aliphatic heterocycles. The van der Waals surface area contributed by atoms with E-state index in [-0.39, 0.29) is 23.3 Å². The predicted molar refractivity (Wildman–Crippen MR) is 91.9 cm³/mol. The van der Waals surface area contributed by atoms with Gasteiger partial charge in [-0.3, -0.25) is 9.59 Å². The lowest BCUT2D eigenvalue weighted by Crippen LogP contribution is -2.46. The van der Waals surface area contributed by atoms with Crippen molar-refractivity contribution in [3.63, 3.8) is 0 Å². The molecule has 0 saturated carbocycles. The molecule has 0 aromatic rings. The first-order valence-electron chi connectivity index (χ1n) is 8.84. The van der Waals surface area contributed by atoms with Crippen molar-refractivity contribution in [2.45, 2.75) is 52.5 Å². The summed E-state index contributed by atoms with van der Waals surface area (Å²) in [5, 5.41) is 6.27. The van der Waals surface area contributed by atoms with Crippen LogP contribution in [-0.4, -0.2) is 48.9 Å². The molecule has 0 aromatic heterocycles. The highest BCUT2D eigenvalue weighted by Crippen LogP contribution is 2.18. The number of likely N-dealkylation sites (tertiary alicyclic amines) is 1. The van der Waals surface area contributed by atoms with Gasteiger partial charge in [0.1, 0.15) is 0 Å². The Balaban J connectivity index is 1.77. The summed E-state index contributed by atoms with van der Waals surface area (Å²) in [6, 6.07) is -0.0222. The number of nitrogens with one attached hydrogen (secondary N) is 2. The van der Waals surface area contributed by atoms with Gasteiger partial charge in [-0.05, 0) is 49.6 Å². The Labute approximate surface area is 139 Å². The van der Waals surface area contributed by atoms with Crippen LogP contribution in [0.15, 0.2) is 12.2 Å². The van der Waals surface area contributed by atoms with Crippen LogP contribution in [0.4, 0.5) is 0 Å². The molecule has 2 N–H and O–H groups in total. The molecule has 2 atom stereocenters. The zero-order chi connectivity index (χ0) is 16.9. The normalized spacial score (nSPS) is 25.8. The van der Waals surface area contributed by atoms with E-state index in [4.69, 9.17) is 0 Å². The molecule has 0 unspecified atom stereocenters. The number of carbonyl (C=O) groups is 2. The topological polar surface area (TPSA) is 61.4 Å². The Morgan fingerprint density at radius 2 is 2.04 bits per heavy atom. The van der Waals surface area contributed by atoms with Crippen molar-refractivity contribution in [1.29, 1.82) is 0 Å². The van der Waals surface area contributed by atoms with Gasteiger partial charge in [-0.25, -0.2) is 0 Å². The zero-order valence-corrected chi connectivity index (χ0v) is 14.7. The number of amides is 2. The van der Waals surface area contributed by atoms with Gasteiger partial charge in [0.15, 0.2) is 0 Å². The lowest BCUT2D eigenvalue weighted by Gasteiger charge is -2.32. The van der Waals surface area contributed by atoms with Gasteiger partial charge < -0.3 is 15.5 Å². The Hall–Kier alpha value is -1.36. The van der Waals surface area contributed by atoms with E-state index in [1.54, 1.807) is 6.08 Å². The molecule has 0 aliphatic carbocycles. The van der Waals surface area contributed by atoms with Gasteiger partial charge in [-0.1, -0.05) is 26.8 Å². The summed E-state index contributed by atoms with van der Waals surface area (Å²) in [7, 11) is 0. The molecule has 130 valence electrons. The highest BCUT2D eigenvalue weighted by Gasteiger charge is 2.25. The summed E-state index contributed by atoms with van der Waals surface area (Å²) >= 11 is 0. The molecule has 2 heterocycles. The first-order valence-corrected chi connectivity index (χ1v) is 8.84. The second-order valence-corrected chi connectivity index (χ2v) is 7.89. The Bertz CT molecular complexity index is 448. The summed E-state index contributed by atoms with van der Waals surface area (Å²) < 4.78 is 0. The molecule has 5 nitrogen and oxygen atoms in total. The molecule has 2 fully saturated rings. The Morgan fingerprint density at radius 1 is 1.26 bits per heavy atom. The minimum absolute atomic E-state index is 0.0209. The van der Waals surface area contributed by atoms with Crippen molar-refractivity contribution >= 4 is 11.8 Å². The molecular formula is C18H31N3O2. The van der Waals surface area contributed by atoms with E-state index in [2.05, 4.69) is 31.4 Å². The highest BCUT2D eigenvalue weighted by atomic mass is 16.2. The number of rotatable bonds is 4. The van der Waals surface area contributed by atoms with Gasteiger partial charge in [0.2, 0.25) is 11.8 Å². The largest absolute Gasteiger partial charge is 0.354 e. The van der Waals surface area contributed by atoms with E-state index in [0.717, 1.165) is 45.3 Å². The molecule has 0 spiro atoms. The summed E-state index contributed by atoms with van der Waals surface area (Å²) in [5.74, 6) is 0.563. The second kappa shape index (κ2) is 7.95. The van der Waals surface area contributed by atoms with Crippen LogP contribution in [0.3, 0.4) is 0 Å². The second-order valence-electron chi connectivity index (χ2n) is 7.89. The standard InChI is InChI=1S/C18H31N3O2/c1-18(2,3)9-8-16(22)21-11-5-6-14(13-21)12-20-17(23)15-7-4-10-19-15/h8-9,14-15,19H,4-7,10-13H2,1-3H3,(H,20,23)/b9-8+/t14-,15+/m1/s1. The van der Waals surface area contributed by atoms with Gasteiger partial charge in [0, 0.05) is 19.6 Å². The summed E-state index contributed by atoms with van der Waals surface area (Å²) in [5.41, 5.74) is 0.0209. The number of piperidine rings is 1. The number of nitrogens with zero attached hydrogens (tertiary/aromatic N) is 1. The smallest absolute Gasteiger partial charge is 0.246 e. The van der Waals surface area contributed by atoms with Crippen LogP contribution in [0.5, 0.6) is 0 Å². The van der Waals surface area contributed by atoms with Gasteiger partial charge in [0.05, 0.1) is 6.04 Å². The average molecular weight is 321 g/mol. The van der Waals surface area contributed by atoms with Gasteiger partial charge >= 0.3 is 0 Å². The summed E-state index contributed by atoms with van der Waals surface area (Å²) in [6.07, 6.45) is 7.75. The first-order chi connectivity index (χ1) is 10.8. The number of allylic oxidation sites excluding steroid dienone is 1. The van der Waals surface area contributed by atoms with Crippen LogP contribution in [0, 0.1) is 11.3 Å². The van der Waals surface area contributed by atoms with Crippen LogP contribution in [0.25, 0.3) is 0 Å². The van der Waals surface area contributed by atoms with Crippen molar-refractivity contribution in [2.75, 3.05) is 26.2 Å². The minimum atomic E-state index is -0.0222. The average Bonchev–Trinajstić information content (AvgIpc) is 3.04. The lowest BCUT2D eigenvalue weighted by molar-refractivity contribution is -0.127. The Morgan fingerprint density at radius 3 is 2.70 bits per heavy atom. The fraction of sp³-hybridized carbons (Fsp3) is 0.778. The third kappa shape index (κ3) is 5.98. The first kappa shape index (κ1) is 18.0. The molecule has 2 saturated heterocycles. The molecule has 0 aromatic carbocycles. The van der Waals surface area contributed by atoms with Crippen molar-refractivity contribution in [2.24, 2.45) is 11.3 Å². The zero-order valence-electron chi connectivity index (χ0n) is 14.7. The molecule has 0 bridgehead atoms. The van der Waals surface area contributed by atoms with Gasteiger partial charge in [-0.15, -0.1) is 0 Å². The van der Waals surface area contributed by atoms with E-state index < -0.39 is 0 Å². The van der Waals surface area contributed by atoms with Crippen molar-refractivity contribution in [1.82, 2.24) is 15.5 Å². The van der Waals surface area contributed by atoms with Crippen molar-refractivity contribution < 1.29 is 9.59 Å². The SMILES string of the molecule is CC(C)(C)/C=C/C(=O)N1CCC[C@H](CNC(=O)[C@@H]2CCCN2)C1. The van der Waals surface area contributed by atoms with E-state index in [1.165, 1.54) is 0 Å². The third-order valence-corrected chi connectivity index (χ3v) is 4.50. The monoisotopic (exact) mass is 321 g/mol. The van der Waals surface area contributed by atoms with Crippen LogP contribution in [0.2, 0.25) is 0 Å². The van der Waals surface area contributed by atoms with Gasteiger partial charge in [-0.2, -0.15) is 0 Å². The van der Waals surface area contributed by atoms with Crippen molar-refractivity contribution in [3.8, 4) is 0 Å². The van der Waals surface area contributed by atoms with E-state index in [9.17, 15) is 9.59 Å². The van der Waals surface area contributed by atoms with Crippen molar-refractivity contribution in [3.05, 3.63) is 12.2 Å². The maximum absolute atomic E-state index is 12.3. The summed E-state index contributed by atoms with van der Waals surface area (Å²) in [6.45, 7) is 9.43. The van der Waals surface area contributed by atoms with E-state index in [0.29, 0.717) is 12.5 Å². The quantitative estimate of drug-likeness (QED) is 0.775. The molecular weight excluding hydrogens is 290 g/mol. The maximum atomic E-state index is 12.3. The molecule has 5 heteroatoms. The summed E-state index contributed by atoms with van der Waals surface area (Å²) in [4.78, 5) is 26.2. The fourth-order valence-corrected chi connectivity index (χ4v) is 3.14. The maximum Gasteiger partial charge on any atom is 0.246 e. The number of carbonyl (C=O) groups excluding carboxylic acids is 2. The molecule has 23 heavy (non-hydrogen) atoms. The lowest BCUT2D eigenvalue weighted by atomic mass is 9.95.